The second-order valence-corrected chi connectivity index (χ2v) is 12.4. The summed E-state index contributed by atoms with van der Waals surface area (Å²) >= 11 is 0.897. The van der Waals surface area contributed by atoms with Crippen LogP contribution in [0.25, 0.3) is 5.76 Å². The third kappa shape index (κ3) is 4.64. The number of aliphatic hydroxyl groups excluding tert-OH is 2. The summed E-state index contributed by atoms with van der Waals surface area (Å²) in [5.74, 6) is -7.38. The zero-order valence-corrected chi connectivity index (χ0v) is 24.7. The van der Waals surface area contributed by atoms with Crippen LogP contribution in [-0.2, 0) is 20.8 Å². The number of hydrogen-bond acceptors (Lipinski definition) is 11. The summed E-state index contributed by atoms with van der Waals surface area (Å²) in [6.45, 7) is 0. The van der Waals surface area contributed by atoms with E-state index in [1.807, 2.05) is 6.07 Å². The van der Waals surface area contributed by atoms with Gasteiger partial charge in [0.05, 0.1) is 17.3 Å². The number of nitrogens with two attached hydrogens (primary N) is 1. The lowest BCUT2D eigenvalue weighted by atomic mass is 9.57. The number of nitrogens with one attached hydrogen (secondary N) is 1. The maximum Gasteiger partial charge on any atom is 0.288 e. The van der Waals surface area contributed by atoms with Crippen LogP contribution in [0.15, 0.2) is 58.2 Å². The van der Waals surface area contributed by atoms with E-state index in [9.17, 15) is 39.6 Å². The Morgan fingerprint density at radius 3 is 2.30 bits per heavy atom. The van der Waals surface area contributed by atoms with E-state index in [1.54, 1.807) is 63.4 Å². The van der Waals surface area contributed by atoms with Crippen LogP contribution < -0.4 is 16.0 Å². The first-order valence-corrected chi connectivity index (χ1v) is 14.3. The number of ketones is 2. The number of aliphatic hydroxyl groups is 3. The van der Waals surface area contributed by atoms with Crippen molar-refractivity contribution in [3.63, 3.8) is 0 Å². The molecule has 12 nitrogen and oxygen atoms in total. The van der Waals surface area contributed by atoms with E-state index in [2.05, 4.69) is 5.32 Å². The number of phenols is 1. The summed E-state index contributed by atoms with van der Waals surface area (Å²) in [6, 6.07) is 9.26. The third-order valence-corrected chi connectivity index (χ3v) is 9.16. The highest BCUT2D eigenvalue weighted by Gasteiger charge is 2.64. The minimum absolute atomic E-state index is 0.0176. The largest absolute Gasteiger partial charge is 0.508 e. The Bertz CT molecular complexity index is 1630. The highest BCUT2D eigenvalue weighted by Crippen LogP contribution is 2.54. The molecule has 0 heterocycles. The molecule has 0 aliphatic heterocycles. The number of rotatable bonds is 5. The van der Waals surface area contributed by atoms with Gasteiger partial charge >= 0.3 is 0 Å². The molecule has 0 radical (unpaired) electrons. The van der Waals surface area contributed by atoms with Gasteiger partial charge in [0.15, 0.2) is 17.1 Å². The summed E-state index contributed by atoms with van der Waals surface area (Å²) in [6.07, 6.45) is 0.105. The lowest BCUT2D eigenvalue weighted by molar-refractivity contribution is -0.153. The van der Waals surface area contributed by atoms with Crippen LogP contribution in [0.3, 0.4) is 0 Å². The number of benzene rings is 2. The number of anilines is 2. The van der Waals surface area contributed by atoms with Crippen molar-refractivity contribution >= 4 is 51.6 Å². The SMILES string of the molecule is CN(C)c1cc(NC(=O)Sc2ccccc2)c(O)c2c1CC1CC3C(N(C)C)C(=O)C(C(N)=O)=C(O)C3(O)C(=O)C1=C2O. The Labute approximate surface area is 251 Å². The van der Waals surface area contributed by atoms with Crippen LogP contribution in [0.2, 0.25) is 0 Å². The minimum Gasteiger partial charge on any atom is -0.508 e. The molecule has 4 atom stereocenters. The maximum absolute atomic E-state index is 14.1. The molecule has 4 unspecified atom stereocenters. The number of carbonyl (C=O) groups excluding carboxylic acids is 4. The quantitative estimate of drug-likeness (QED) is 0.166. The molecule has 43 heavy (non-hydrogen) atoms. The zero-order valence-electron chi connectivity index (χ0n) is 23.9. The summed E-state index contributed by atoms with van der Waals surface area (Å²) < 4.78 is 0. The molecule has 7 N–H and O–H groups in total. The number of amides is 2. The second kappa shape index (κ2) is 10.7. The van der Waals surface area contributed by atoms with Crippen molar-refractivity contribution in [3.05, 3.63) is 64.4 Å². The van der Waals surface area contributed by atoms with Crippen molar-refractivity contribution < 1.29 is 39.6 Å². The smallest absolute Gasteiger partial charge is 0.288 e. The van der Waals surface area contributed by atoms with Gasteiger partial charge in [-0.05, 0) is 68.4 Å². The number of hydrogen-bond donors (Lipinski definition) is 6. The van der Waals surface area contributed by atoms with Crippen molar-refractivity contribution in [1.82, 2.24) is 4.90 Å². The molecule has 5 rings (SSSR count). The van der Waals surface area contributed by atoms with E-state index in [4.69, 9.17) is 5.73 Å². The first-order valence-electron chi connectivity index (χ1n) is 13.4. The van der Waals surface area contributed by atoms with E-state index >= 15 is 0 Å². The first kappa shape index (κ1) is 30.1. The molecule has 226 valence electrons. The average molecular weight is 609 g/mol. The monoisotopic (exact) mass is 608 g/mol. The molecular formula is C30H32N4O8S. The molecule has 1 fully saturated rings. The molecule has 2 amide bonds. The van der Waals surface area contributed by atoms with Gasteiger partial charge in [0, 0.05) is 36.2 Å². The van der Waals surface area contributed by atoms with Crippen molar-refractivity contribution in [1.29, 1.82) is 0 Å². The molecule has 1 saturated carbocycles. The Morgan fingerprint density at radius 1 is 1.07 bits per heavy atom. The van der Waals surface area contributed by atoms with Crippen molar-refractivity contribution in [2.75, 3.05) is 38.4 Å². The summed E-state index contributed by atoms with van der Waals surface area (Å²) in [7, 11) is 6.57. The van der Waals surface area contributed by atoms with E-state index in [0.29, 0.717) is 16.1 Å². The predicted molar refractivity (Wildman–Crippen MR) is 160 cm³/mol. The van der Waals surface area contributed by atoms with Crippen LogP contribution in [0.4, 0.5) is 16.2 Å². The Kier molecular flexibility index (Phi) is 7.53. The number of phenolic OH excluding ortho intramolecular Hbond substituents is 1. The van der Waals surface area contributed by atoms with Crippen LogP contribution in [0, 0.1) is 11.8 Å². The molecule has 3 aliphatic rings. The van der Waals surface area contributed by atoms with Crippen LogP contribution in [0.1, 0.15) is 17.5 Å². The van der Waals surface area contributed by atoms with Crippen molar-refractivity contribution in [3.8, 4) is 5.75 Å². The van der Waals surface area contributed by atoms with Gasteiger partial charge in [0.25, 0.3) is 11.1 Å². The zero-order chi connectivity index (χ0) is 31.5. The van der Waals surface area contributed by atoms with Crippen LogP contribution in [0.5, 0.6) is 5.75 Å². The number of primary amides is 1. The van der Waals surface area contributed by atoms with E-state index in [1.165, 1.54) is 4.90 Å². The molecule has 2 aromatic rings. The number of carbonyl (C=O) groups is 4. The molecule has 2 aromatic carbocycles. The fourth-order valence-corrected chi connectivity index (χ4v) is 7.19. The predicted octanol–water partition coefficient (Wildman–Crippen LogP) is 2.35. The van der Waals surface area contributed by atoms with E-state index < -0.39 is 69.0 Å². The molecule has 13 heteroatoms. The number of nitrogens with zero attached hydrogens (tertiary/aromatic N) is 2. The number of fused-ring (bicyclic) bond motifs is 3. The van der Waals surface area contributed by atoms with Crippen LogP contribution >= 0.6 is 11.8 Å². The maximum atomic E-state index is 14.1. The highest BCUT2D eigenvalue weighted by atomic mass is 32.2. The van der Waals surface area contributed by atoms with E-state index in [-0.39, 0.29) is 29.7 Å². The Morgan fingerprint density at radius 2 is 1.72 bits per heavy atom. The second-order valence-electron chi connectivity index (χ2n) is 11.3. The molecule has 0 spiro atoms. The van der Waals surface area contributed by atoms with Gasteiger partial charge in [-0.2, -0.15) is 0 Å². The number of likely N-dealkylation sites (N-methyl/N-ethyl adjacent to an activating group) is 1. The lowest BCUT2D eigenvalue weighted by Gasteiger charge is -2.50. The highest BCUT2D eigenvalue weighted by molar-refractivity contribution is 8.13. The molecule has 0 bridgehead atoms. The van der Waals surface area contributed by atoms with Gasteiger partial charge < -0.3 is 36.4 Å². The number of thioether (sulfide) groups is 1. The standard InChI is InChI=1S/C30H32N4O8S/c1-33(2)18-12-17(32-29(41)43-14-8-6-5-7-9-14)23(35)20-15(18)10-13-11-16-22(34(3)4)25(37)21(28(31)40)27(39)30(16,42)26(38)19(13)24(20)36/h5-9,12-13,16,22,35-36,39,42H,10-11H2,1-4H3,(H2,31,40)(H,32,41). The number of Topliss-reactive ketones (excluding diaryl/α,β-unsaturated/α-hetero) is 2. The van der Waals surface area contributed by atoms with Gasteiger partial charge in [-0.3, -0.25) is 24.1 Å². The van der Waals surface area contributed by atoms with Gasteiger partial charge in [-0.1, -0.05) is 18.2 Å². The van der Waals surface area contributed by atoms with Gasteiger partial charge in [-0.25, -0.2) is 0 Å². The molecule has 0 aromatic heterocycles. The number of aromatic hydroxyl groups is 1. The van der Waals surface area contributed by atoms with Crippen molar-refractivity contribution in [2.45, 2.75) is 29.4 Å². The average Bonchev–Trinajstić information content (AvgIpc) is 2.92. The first-order chi connectivity index (χ1) is 20.2. The topological polar surface area (TPSA) is 194 Å². The Hall–Kier alpha value is -4.33. The minimum atomic E-state index is -2.73. The molecule has 3 aliphatic carbocycles. The summed E-state index contributed by atoms with van der Waals surface area (Å²) in [5.41, 5.74) is 2.41. The molecular weight excluding hydrogens is 576 g/mol. The van der Waals surface area contributed by atoms with Gasteiger partial charge in [0.2, 0.25) is 5.78 Å². The normalized spacial score (nSPS) is 24.8. The molecule has 0 saturated heterocycles. The van der Waals surface area contributed by atoms with E-state index in [0.717, 1.165) is 11.8 Å². The lowest BCUT2D eigenvalue weighted by Crippen LogP contribution is -2.65. The summed E-state index contributed by atoms with van der Waals surface area (Å²) in [4.78, 5) is 56.2. The van der Waals surface area contributed by atoms with Gasteiger partial charge in [0.1, 0.15) is 17.1 Å². The third-order valence-electron chi connectivity index (χ3n) is 8.37. The van der Waals surface area contributed by atoms with Gasteiger partial charge in [-0.15, -0.1) is 0 Å². The van der Waals surface area contributed by atoms with Crippen LogP contribution in [-0.4, -0.2) is 87.9 Å². The Balaban J connectivity index is 1.65. The fraction of sp³-hybridized carbons (Fsp3) is 0.333. The summed E-state index contributed by atoms with van der Waals surface area (Å²) in [5, 5.41) is 47.9. The fourth-order valence-electron chi connectivity index (χ4n) is 6.52. The van der Waals surface area contributed by atoms with Crippen molar-refractivity contribution in [2.24, 2.45) is 17.6 Å².